The van der Waals surface area contributed by atoms with Crippen LogP contribution in [-0.4, -0.2) is 44.7 Å². The molecule has 1 aliphatic heterocycles. The first-order valence-electron chi connectivity index (χ1n) is 8.87. The predicted octanol–water partition coefficient (Wildman–Crippen LogP) is 3.76. The fourth-order valence-corrected chi connectivity index (χ4v) is 3.96. The van der Waals surface area contributed by atoms with Gasteiger partial charge in [-0.3, -0.25) is 4.79 Å². The lowest BCUT2D eigenvalue weighted by molar-refractivity contribution is 0.0561. The van der Waals surface area contributed by atoms with Gasteiger partial charge in [0.1, 0.15) is 11.5 Å². The summed E-state index contributed by atoms with van der Waals surface area (Å²) in [5.74, 6) is 1.17. The predicted molar refractivity (Wildman–Crippen MR) is 110 cm³/mol. The molecule has 148 valence electrons. The van der Waals surface area contributed by atoms with Crippen LogP contribution in [0, 0.1) is 5.92 Å². The monoisotopic (exact) mass is 431 g/mol. The smallest absolute Gasteiger partial charge is 0.293 e. The zero-order valence-corrected chi connectivity index (χ0v) is 17.7. The molecule has 0 aliphatic carbocycles. The summed E-state index contributed by atoms with van der Waals surface area (Å²) in [6.45, 7) is 5.25. The molecule has 1 amide bonds. The highest BCUT2D eigenvalue weighted by atomic mass is 35.5. The average Bonchev–Trinajstić information content (AvgIpc) is 3.05. The van der Waals surface area contributed by atoms with E-state index < -0.39 is 0 Å². The first-order chi connectivity index (χ1) is 12.5. The fraction of sp³-hybridized carbons (Fsp3) is 0.500. The standard InChI is InChI=1S/C18H23Cl2N5O.ClH/c1-3-15-22-17(18(26)24-8-7-11(2)9-12(24)10-21)23-25(15)16-13(19)5-4-6-14(16)20;/h4-6,11-12H,3,7-10,21H2,1-2H3;1H. The Hall–Kier alpha value is -1.34. The Morgan fingerprint density at radius 2 is 2.00 bits per heavy atom. The Labute approximate surface area is 175 Å². The third-order valence-corrected chi connectivity index (χ3v) is 5.45. The third-order valence-electron chi connectivity index (χ3n) is 4.84. The van der Waals surface area contributed by atoms with Crippen molar-refractivity contribution in [2.45, 2.75) is 39.2 Å². The maximum atomic E-state index is 13.0. The van der Waals surface area contributed by atoms with Crippen LogP contribution >= 0.6 is 35.6 Å². The molecule has 2 heterocycles. The number of hydrogen-bond donors (Lipinski definition) is 1. The number of aromatic nitrogens is 3. The van der Waals surface area contributed by atoms with Crippen molar-refractivity contribution in [3.63, 3.8) is 0 Å². The van der Waals surface area contributed by atoms with Crippen LogP contribution in [-0.2, 0) is 6.42 Å². The van der Waals surface area contributed by atoms with E-state index in [4.69, 9.17) is 28.9 Å². The number of hydrogen-bond acceptors (Lipinski definition) is 4. The molecule has 1 aromatic heterocycles. The van der Waals surface area contributed by atoms with Crippen molar-refractivity contribution in [3.05, 3.63) is 39.9 Å². The molecule has 1 saturated heterocycles. The molecular formula is C18H24Cl3N5O. The first-order valence-corrected chi connectivity index (χ1v) is 9.63. The van der Waals surface area contributed by atoms with Gasteiger partial charge in [0.15, 0.2) is 0 Å². The number of halogens is 3. The summed E-state index contributed by atoms with van der Waals surface area (Å²) in [5, 5.41) is 5.36. The van der Waals surface area contributed by atoms with Crippen LogP contribution in [0.1, 0.15) is 43.1 Å². The molecule has 2 unspecified atom stereocenters. The van der Waals surface area contributed by atoms with E-state index in [-0.39, 0.29) is 30.2 Å². The quantitative estimate of drug-likeness (QED) is 0.798. The second kappa shape index (κ2) is 9.24. The minimum Gasteiger partial charge on any atom is -0.332 e. The number of rotatable bonds is 4. The van der Waals surface area contributed by atoms with E-state index in [2.05, 4.69) is 17.0 Å². The van der Waals surface area contributed by atoms with E-state index in [0.717, 1.165) is 12.8 Å². The number of carbonyl (C=O) groups excluding carboxylic acids is 1. The molecule has 0 radical (unpaired) electrons. The molecule has 27 heavy (non-hydrogen) atoms. The zero-order chi connectivity index (χ0) is 18.8. The molecule has 6 nitrogen and oxygen atoms in total. The molecule has 1 aromatic carbocycles. The molecule has 2 N–H and O–H groups in total. The Kier molecular flexibility index (Phi) is 7.51. The Bertz CT molecular complexity index is 790. The molecule has 9 heteroatoms. The Morgan fingerprint density at radius 1 is 1.33 bits per heavy atom. The van der Waals surface area contributed by atoms with Gasteiger partial charge in [-0.05, 0) is 30.9 Å². The van der Waals surface area contributed by atoms with Gasteiger partial charge in [0.25, 0.3) is 5.91 Å². The normalized spacial score (nSPS) is 19.7. The number of nitrogens with two attached hydrogens (primary N) is 1. The van der Waals surface area contributed by atoms with Gasteiger partial charge in [-0.1, -0.05) is 43.1 Å². The lowest BCUT2D eigenvalue weighted by Crippen LogP contribution is -2.49. The minimum atomic E-state index is -0.191. The highest BCUT2D eigenvalue weighted by Gasteiger charge is 2.32. The van der Waals surface area contributed by atoms with Crippen molar-refractivity contribution in [1.82, 2.24) is 19.7 Å². The molecule has 0 spiro atoms. The first kappa shape index (κ1) is 22.0. The zero-order valence-electron chi connectivity index (χ0n) is 15.4. The summed E-state index contributed by atoms with van der Waals surface area (Å²) in [4.78, 5) is 19.3. The van der Waals surface area contributed by atoms with E-state index >= 15 is 0 Å². The van der Waals surface area contributed by atoms with E-state index in [1.165, 1.54) is 0 Å². The van der Waals surface area contributed by atoms with Crippen LogP contribution in [0.3, 0.4) is 0 Å². The van der Waals surface area contributed by atoms with Crippen molar-refractivity contribution >= 4 is 41.5 Å². The van der Waals surface area contributed by atoms with Crippen LogP contribution in [0.25, 0.3) is 5.69 Å². The molecule has 0 bridgehead atoms. The van der Waals surface area contributed by atoms with Gasteiger partial charge in [-0.25, -0.2) is 9.67 Å². The number of likely N-dealkylation sites (tertiary alicyclic amines) is 1. The van der Waals surface area contributed by atoms with E-state index in [9.17, 15) is 4.79 Å². The van der Waals surface area contributed by atoms with Gasteiger partial charge in [0.05, 0.1) is 10.0 Å². The summed E-state index contributed by atoms with van der Waals surface area (Å²) < 4.78 is 1.57. The summed E-state index contributed by atoms with van der Waals surface area (Å²) in [6.07, 6.45) is 2.46. The highest BCUT2D eigenvalue weighted by Crippen LogP contribution is 2.29. The third kappa shape index (κ3) is 4.40. The maximum absolute atomic E-state index is 13.0. The molecule has 1 aliphatic rings. The molecule has 3 rings (SSSR count). The molecule has 1 fully saturated rings. The van der Waals surface area contributed by atoms with Crippen molar-refractivity contribution in [2.24, 2.45) is 11.7 Å². The number of nitrogens with zero attached hydrogens (tertiary/aromatic N) is 4. The Balaban J connectivity index is 0.00000261. The number of benzene rings is 1. The number of piperidine rings is 1. The van der Waals surface area contributed by atoms with Crippen LogP contribution in [0.4, 0.5) is 0 Å². The second-order valence-electron chi connectivity index (χ2n) is 6.70. The second-order valence-corrected chi connectivity index (χ2v) is 7.52. The highest BCUT2D eigenvalue weighted by molar-refractivity contribution is 6.37. The van der Waals surface area contributed by atoms with E-state index in [0.29, 0.717) is 47.0 Å². The van der Waals surface area contributed by atoms with E-state index in [1.54, 1.807) is 27.8 Å². The van der Waals surface area contributed by atoms with Gasteiger partial charge in [0.2, 0.25) is 5.82 Å². The summed E-state index contributed by atoms with van der Waals surface area (Å²) in [6, 6.07) is 5.26. The number of carbonyl (C=O) groups is 1. The van der Waals surface area contributed by atoms with Crippen LogP contribution < -0.4 is 5.73 Å². The van der Waals surface area contributed by atoms with Crippen molar-refractivity contribution in [3.8, 4) is 5.69 Å². The van der Waals surface area contributed by atoms with Crippen LogP contribution in [0.5, 0.6) is 0 Å². The molecule has 2 aromatic rings. The maximum Gasteiger partial charge on any atom is 0.293 e. The molecular weight excluding hydrogens is 409 g/mol. The van der Waals surface area contributed by atoms with Crippen molar-refractivity contribution in [1.29, 1.82) is 0 Å². The SMILES string of the molecule is CCc1nc(C(=O)N2CCC(C)CC2CN)nn1-c1c(Cl)cccc1Cl.Cl. The summed E-state index contributed by atoms with van der Waals surface area (Å²) in [7, 11) is 0. The topological polar surface area (TPSA) is 77.0 Å². The summed E-state index contributed by atoms with van der Waals surface area (Å²) >= 11 is 12.6. The van der Waals surface area contributed by atoms with Crippen LogP contribution in [0.15, 0.2) is 18.2 Å². The number of para-hydroxylation sites is 1. The Morgan fingerprint density at radius 3 is 2.59 bits per heavy atom. The number of aryl methyl sites for hydroxylation is 1. The van der Waals surface area contributed by atoms with Gasteiger partial charge in [-0.2, -0.15) is 0 Å². The lowest BCUT2D eigenvalue weighted by atomic mass is 9.92. The van der Waals surface area contributed by atoms with Gasteiger partial charge < -0.3 is 10.6 Å². The van der Waals surface area contributed by atoms with Crippen molar-refractivity contribution < 1.29 is 4.79 Å². The minimum absolute atomic E-state index is 0. The van der Waals surface area contributed by atoms with E-state index in [1.807, 2.05) is 6.92 Å². The molecule has 0 saturated carbocycles. The fourth-order valence-electron chi connectivity index (χ4n) is 3.41. The van der Waals surface area contributed by atoms with Gasteiger partial charge >= 0.3 is 0 Å². The lowest BCUT2D eigenvalue weighted by Gasteiger charge is -2.37. The largest absolute Gasteiger partial charge is 0.332 e. The van der Waals surface area contributed by atoms with Gasteiger partial charge in [0, 0.05) is 25.6 Å². The number of amides is 1. The molecule has 2 atom stereocenters. The average molecular weight is 433 g/mol. The summed E-state index contributed by atoms with van der Waals surface area (Å²) in [5.41, 5.74) is 6.43. The van der Waals surface area contributed by atoms with Crippen LogP contribution in [0.2, 0.25) is 10.0 Å². The van der Waals surface area contributed by atoms with Crippen molar-refractivity contribution in [2.75, 3.05) is 13.1 Å². The van der Waals surface area contributed by atoms with Gasteiger partial charge in [-0.15, -0.1) is 17.5 Å².